The van der Waals surface area contributed by atoms with Crippen molar-refractivity contribution in [1.29, 1.82) is 0 Å². The zero-order valence-electron chi connectivity index (χ0n) is 20.0. The third kappa shape index (κ3) is 8.57. The van der Waals surface area contributed by atoms with Gasteiger partial charge in [0.25, 0.3) is 0 Å². The van der Waals surface area contributed by atoms with E-state index in [0.717, 1.165) is 11.1 Å². The molecule has 1 unspecified atom stereocenters. The van der Waals surface area contributed by atoms with Gasteiger partial charge in [0.15, 0.2) is 0 Å². The Morgan fingerprint density at radius 3 is 2.23 bits per heavy atom. The molecule has 0 saturated heterocycles. The van der Waals surface area contributed by atoms with E-state index in [0.29, 0.717) is 5.56 Å². The Bertz CT molecular complexity index is 793. The van der Waals surface area contributed by atoms with Crippen LogP contribution in [0.5, 0.6) is 0 Å². The maximum absolute atomic E-state index is 13.3. The first-order chi connectivity index (χ1) is 14.2. The Morgan fingerprint density at radius 2 is 1.71 bits per heavy atom. The lowest BCUT2D eigenvalue weighted by Crippen LogP contribution is -2.52. The number of nitrogens with one attached hydrogen (secondary N) is 2. The van der Waals surface area contributed by atoms with Crippen LogP contribution in [0.25, 0.3) is 0 Å². The number of ether oxygens (including phenoxy) is 1. The fourth-order valence-corrected chi connectivity index (χ4v) is 3.03. The summed E-state index contributed by atoms with van der Waals surface area (Å²) in [5, 5.41) is 15.0. The smallest absolute Gasteiger partial charge is 0.408 e. The summed E-state index contributed by atoms with van der Waals surface area (Å²) < 4.78 is 5.17. The molecule has 0 fully saturated rings. The second-order valence-electron chi connectivity index (χ2n) is 9.60. The number of carbonyl (C=O) groups is 3. The minimum absolute atomic E-state index is 0.0650. The van der Waals surface area contributed by atoms with Crippen molar-refractivity contribution in [2.45, 2.75) is 72.6 Å². The molecule has 0 aliphatic rings. The van der Waals surface area contributed by atoms with Gasteiger partial charge in [-0.15, -0.1) is 0 Å². The normalized spacial score (nSPS) is 12.7. The molecule has 0 aliphatic heterocycles. The predicted molar refractivity (Wildman–Crippen MR) is 120 cm³/mol. The lowest BCUT2D eigenvalue weighted by Gasteiger charge is -2.34. The highest BCUT2D eigenvalue weighted by Crippen LogP contribution is 2.27. The second kappa shape index (κ2) is 10.6. The molecule has 1 rings (SSSR count). The molecule has 0 heterocycles. The summed E-state index contributed by atoms with van der Waals surface area (Å²) in [6.07, 6.45) is -0.729. The average molecular weight is 436 g/mol. The third-order valence-corrected chi connectivity index (χ3v) is 4.44. The van der Waals surface area contributed by atoms with Gasteiger partial charge in [0, 0.05) is 12.1 Å². The van der Waals surface area contributed by atoms with Crippen LogP contribution in [0.4, 0.5) is 4.79 Å². The summed E-state index contributed by atoms with van der Waals surface area (Å²) >= 11 is 0. The number of amides is 3. The Labute approximate surface area is 185 Å². The molecule has 0 spiro atoms. The van der Waals surface area contributed by atoms with Crippen molar-refractivity contribution in [1.82, 2.24) is 15.5 Å². The summed E-state index contributed by atoms with van der Waals surface area (Å²) in [4.78, 5) is 39.6. The molecule has 8 heteroatoms. The molecule has 1 atom stereocenters. The van der Waals surface area contributed by atoms with Gasteiger partial charge in [-0.05, 0) is 72.1 Å². The fourth-order valence-electron chi connectivity index (χ4n) is 3.03. The maximum Gasteiger partial charge on any atom is 0.408 e. The number of aliphatic hydroxyl groups is 1. The molecule has 0 saturated carbocycles. The van der Waals surface area contributed by atoms with Gasteiger partial charge in [0.2, 0.25) is 11.8 Å². The van der Waals surface area contributed by atoms with Gasteiger partial charge in [-0.1, -0.05) is 18.2 Å². The highest BCUT2D eigenvalue weighted by atomic mass is 16.6. The minimum atomic E-state index is -0.959. The van der Waals surface area contributed by atoms with Gasteiger partial charge in [-0.2, -0.15) is 0 Å². The van der Waals surface area contributed by atoms with E-state index in [1.807, 2.05) is 46.8 Å². The lowest BCUT2D eigenvalue weighted by atomic mass is 9.94. The van der Waals surface area contributed by atoms with Crippen molar-refractivity contribution in [2.24, 2.45) is 0 Å². The topological polar surface area (TPSA) is 108 Å². The SMILES string of the molecule is Cc1cccc(C(C(=O)NC(C)(C)C)N(CCO)C(=O)CNC(=O)OC(C)(C)C)c1C. The summed E-state index contributed by atoms with van der Waals surface area (Å²) in [5.74, 6) is -0.866. The van der Waals surface area contributed by atoms with Crippen molar-refractivity contribution in [3.63, 3.8) is 0 Å². The van der Waals surface area contributed by atoms with Crippen molar-refractivity contribution in [3.8, 4) is 0 Å². The molecule has 3 N–H and O–H groups in total. The Hall–Kier alpha value is -2.61. The summed E-state index contributed by atoms with van der Waals surface area (Å²) in [7, 11) is 0. The van der Waals surface area contributed by atoms with Crippen LogP contribution >= 0.6 is 0 Å². The molecule has 174 valence electrons. The molecule has 0 aliphatic carbocycles. The van der Waals surface area contributed by atoms with Crippen LogP contribution in [0.1, 0.15) is 64.3 Å². The van der Waals surface area contributed by atoms with Gasteiger partial charge in [-0.25, -0.2) is 4.79 Å². The van der Waals surface area contributed by atoms with Gasteiger partial charge in [0.05, 0.1) is 6.61 Å². The molecular weight excluding hydrogens is 398 g/mol. The second-order valence-corrected chi connectivity index (χ2v) is 9.60. The maximum atomic E-state index is 13.3. The third-order valence-electron chi connectivity index (χ3n) is 4.44. The van der Waals surface area contributed by atoms with E-state index in [4.69, 9.17) is 4.74 Å². The number of hydrogen-bond acceptors (Lipinski definition) is 5. The first-order valence-electron chi connectivity index (χ1n) is 10.4. The monoisotopic (exact) mass is 435 g/mol. The number of aliphatic hydroxyl groups excluding tert-OH is 1. The highest BCUT2D eigenvalue weighted by molar-refractivity contribution is 5.91. The van der Waals surface area contributed by atoms with E-state index < -0.39 is 29.2 Å². The van der Waals surface area contributed by atoms with E-state index in [9.17, 15) is 19.5 Å². The summed E-state index contributed by atoms with van der Waals surface area (Å²) in [5.41, 5.74) is 1.31. The first-order valence-corrected chi connectivity index (χ1v) is 10.4. The van der Waals surface area contributed by atoms with E-state index in [-0.39, 0.29) is 25.6 Å². The molecule has 0 aromatic heterocycles. The molecule has 1 aromatic carbocycles. The zero-order chi connectivity index (χ0) is 24.0. The fraction of sp³-hybridized carbons (Fsp3) is 0.609. The Morgan fingerprint density at radius 1 is 1.10 bits per heavy atom. The van der Waals surface area contributed by atoms with Crippen LogP contribution in [-0.4, -0.2) is 58.8 Å². The number of benzene rings is 1. The van der Waals surface area contributed by atoms with E-state index in [1.54, 1.807) is 26.8 Å². The molecule has 31 heavy (non-hydrogen) atoms. The Balaban J connectivity index is 3.26. The molecular formula is C23H37N3O5. The van der Waals surface area contributed by atoms with Crippen molar-refractivity contribution in [3.05, 3.63) is 34.9 Å². The highest BCUT2D eigenvalue weighted by Gasteiger charge is 2.34. The predicted octanol–water partition coefficient (Wildman–Crippen LogP) is 2.60. The number of alkyl carbamates (subject to hydrolysis) is 1. The largest absolute Gasteiger partial charge is 0.444 e. The van der Waals surface area contributed by atoms with Crippen molar-refractivity contribution < 1.29 is 24.2 Å². The lowest BCUT2D eigenvalue weighted by molar-refractivity contribution is -0.141. The summed E-state index contributed by atoms with van der Waals surface area (Å²) in [6, 6.07) is 4.60. The Kier molecular flexibility index (Phi) is 9.05. The van der Waals surface area contributed by atoms with Crippen LogP contribution in [0.2, 0.25) is 0 Å². The van der Waals surface area contributed by atoms with Gasteiger partial charge >= 0.3 is 6.09 Å². The van der Waals surface area contributed by atoms with E-state index in [1.165, 1.54) is 4.90 Å². The number of hydrogen-bond donors (Lipinski definition) is 3. The molecule has 8 nitrogen and oxygen atoms in total. The van der Waals surface area contributed by atoms with Crippen molar-refractivity contribution >= 4 is 17.9 Å². The van der Waals surface area contributed by atoms with Gasteiger partial charge in [-0.3, -0.25) is 9.59 Å². The van der Waals surface area contributed by atoms with Crippen molar-refractivity contribution in [2.75, 3.05) is 19.7 Å². The summed E-state index contributed by atoms with van der Waals surface area (Å²) in [6.45, 7) is 13.8. The number of aryl methyl sites for hydroxylation is 1. The number of rotatable bonds is 7. The van der Waals surface area contributed by atoms with E-state index >= 15 is 0 Å². The van der Waals surface area contributed by atoms with Gasteiger partial charge < -0.3 is 25.4 Å². The van der Waals surface area contributed by atoms with E-state index in [2.05, 4.69) is 10.6 Å². The number of carbonyl (C=O) groups excluding carboxylic acids is 3. The minimum Gasteiger partial charge on any atom is -0.444 e. The van der Waals surface area contributed by atoms with Crippen LogP contribution in [0.15, 0.2) is 18.2 Å². The molecule has 0 radical (unpaired) electrons. The zero-order valence-corrected chi connectivity index (χ0v) is 20.0. The van der Waals surface area contributed by atoms with Gasteiger partial charge in [0.1, 0.15) is 18.2 Å². The van der Waals surface area contributed by atoms with Crippen LogP contribution < -0.4 is 10.6 Å². The van der Waals surface area contributed by atoms with Crippen LogP contribution in [0, 0.1) is 13.8 Å². The molecule has 1 aromatic rings. The standard InChI is InChI=1S/C23H37N3O5/c1-15-10-9-11-17(16(15)2)19(20(29)25-22(3,4)5)26(12-13-27)18(28)14-24-21(30)31-23(6,7)8/h9-11,19,27H,12-14H2,1-8H3,(H,24,30)(H,25,29). The molecule has 0 bridgehead atoms. The molecule has 3 amide bonds. The quantitative estimate of drug-likeness (QED) is 0.610. The number of nitrogens with zero attached hydrogens (tertiary/aromatic N) is 1. The van der Waals surface area contributed by atoms with Crippen LogP contribution in [0.3, 0.4) is 0 Å². The first kappa shape index (κ1) is 26.4. The average Bonchev–Trinajstić information content (AvgIpc) is 2.59. The van der Waals surface area contributed by atoms with Crippen LogP contribution in [-0.2, 0) is 14.3 Å².